The van der Waals surface area contributed by atoms with E-state index < -0.39 is 22.6 Å². The molecule has 0 atom stereocenters. The Bertz CT molecular complexity index is 1040. The van der Waals surface area contributed by atoms with Gasteiger partial charge in [-0.2, -0.15) is 13.2 Å². The number of phenols is 1. The number of halogens is 3. The van der Waals surface area contributed by atoms with Crippen molar-refractivity contribution in [2.75, 3.05) is 4.90 Å². The van der Waals surface area contributed by atoms with Crippen LogP contribution in [0, 0.1) is 10.1 Å². The van der Waals surface area contributed by atoms with Crippen molar-refractivity contribution in [2.24, 2.45) is 0 Å². The van der Waals surface area contributed by atoms with Gasteiger partial charge in [-0.3, -0.25) is 19.8 Å². The third-order valence-electron chi connectivity index (χ3n) is 3.73. The van der Waals surface area contributed by atoms with Gasteiger partial charge in [0.05, 0.1) is 21.1 Å². The van der Waals surface area contributed by atoms with Gasteiger partial charge < -0.3 is 5.11 Å². The molecule has 0 spiro atoms. The Morgan fingerprint density at radius 3 is 2.57 bits per heavy atom. The second-order valence-electron chi connectivity index (χ2n) is 5.57. The molecule has 2 aromatic carbocycles. The lowest BCUT2D eigenvalue weighted by Crippen LogP contribution is -2.27. The second-order valence-corrected chi connectivity index (χ2v) is 7.24. The molecular formula is C17H9F3N2O4S2. The maximum Gasteiger partial charge on any atom is 0.416 e. The number of non-ortho nitro benzene ring substituents is 1. The van der Waals surface area contributed by atoms with Crippen LogP contribution < -0.4 is 4.90 Å². The lowest BCUT2D eigenvalue weighted by molar-refractivity contribution is -0.384. The maximum atomic E-state index is 12.9. The number of nitro benzene ring substituents is 1. The number of carbonyl (C=O) groups is 1. The predicted molar refractivity (Wildman–Crippen MR) is 102 cm³/mol. The standard InChI is InChI=1S/C17H9F3N2O4S2/c18-17(19,20)10-2-1-3-11(8-10)21-15(24)14(28-16(21)27)7-9-6-12(22(25)26)4-5-13(9)23/h1-8,23H. The molecule has 28 heavy (non-hydrogen) atoms. The van der Waals surface area contributed by atoms with E-state index in [0.717, 1.165) is 53.1 Å². The molecule has 144 valence electrons. The van der Waals surface area contributed by atoms with Gasteiger partial charge in [-0.1, -0.05) is 30.0 Å². The van der Waals surface area contributed by atoms with Crippen molar-refractivity contribution in [3.05, 3.63) is 68.6 Å². The number of phenolic OH excluding ortho intramolecular Hbond substituents is 1. The first-order valence-electron chi connectivity index (χ1n) is 7.50. The number of carbonyl (C=O) groups excluding carboxylic acids is 1. The van der Waals surface area contributed by atoms with Crippen LogP contribution in [0.2, 0.25) is 0 Å². The highest BCUT2D eigenvalue weighted by Gasteiger charge is 2.36. The maximum absolute atomic E-state index is 12.9. The van der Waals surface area contributed by atoms with E-state index in [4.69, 9.17) is 12.2 Å². The summed E-state index contributed by atoms with van der Waals surface area (Å²) in [6, 6.07) is 7.43. The molecule has 1 amide bonds. The number of amides is 1. The van der Waals surface area contributed by atoms with E-state index >= 15 is 0 Å². The SMILES string of the molecule is O=C1C(=Cc2cc([N+](=O)[O-])ccc2O)SC(=S)N1c1cccc(C(F)(F)F)c1. The van der Waals surface area contributed by atoms with Crippen LogP contribution in [0.1, 0.15) is 11.1 Å². The summed E-state index contributed by atoms with van der Waals surface area (Å²) in [7, 11) is 0. The first kappa shape index (κ1) is 19.8. The molecular weight excluding hydrogens is 417 g/mol. The number of aromatic hydroxyl groups is 1. The minimum atomic E-state index is -4.58. The van der Waals surface area contributed by atoms with E-state index in [9.17, 15) is 33.2 Å². The van der Waals surface area contributed by atoms with Crippen LogP contribution in [0.15, 0.2) is 47.4 Å². The lowest BCUT2D eigenvalue weighted by Gasteiger charge is -2.16. The summed E-state index contributed by atoms with van der Waals surface area (Å²) < 4.78 is 38.8. The van der Waals surface area contributed by atoms with Crippen LogP contribution in [-0.4, -0.2) is 20.3 Å². The van der Waals surface area contributed by atoms with Crippen LogP contribution >= 0.6 is 24.0 Å². The normalized spacial score (nSPS) is 16.1. The molecule has 3 rings (SSSR count). The topological polar surface area (TPSA) is 83.7 Å². The van der Waals surface area contributed by atoms with Crippen molar-refractivity contribution < 1.29 is 28.0 Å². The molecule has 1 aliphatic rings. The first-order valence-corrected chi connectivity index (χ1v) is 8.73. The Kier molecular flexibility index (Phi) is 5.13. The van der Waals surface area contributed by atoms with E-state index in [-0.39, 0.29) is 31.9 Å². The van der Waals surface area contributed by atoms with E-state index in [1.165, 1.54) is 12.1 Å². The van der Waals surface area contributed by atoms with Crippen LogP contribution in [0.4, 0.5) is 24.5 Å². The molecule has 0 unspecified atom stereocenters. The molecule has 1 saturated heterocycles. The summed E-state index contributed by atoms with van der Waals surface area (Å²) in [4.78, 5) is 23.8. The van der Waals surface area contributed by atoms with Crippen molar-refractivity contribution in [3.8, 4) is 5.75 Å². The van der Waals surface area contributed by atoms with Crippen molar-refractivity contribution >= 4 is 51.7 Å². The Hall–Kier alpha value is -2.92. The van der Waals surface area contributed by atoms with E-state index in [1.54, 1.807) is 0 Å². The van der Waals surface area contributed by atoms with Gasteiger partial charge in [0.15, 0.2) is 4.32 Å². The molecule has 1 heterocycles. The fourth-order valence-corrected chi connectivity index (χ4v) is 3.71. The second kappa shape index (κ2) is 7.24. The molecule has 1 aliphatic heterocycles. The zero-order valence-electron chi connectivity index (χ0n) is 13.6. The minimum Gasteiger partial charge on any atom is -0.507 e. The minimum absolute atomic E-state index is 0.000458. The molecule has 11 heteroatoms. The van der Waals surface area contributed by atoms with Gasteiger partial charge in [-0.25, -0.2) is 0 Å². The summed E-state index contributed by atoms with van der Waals surface area (Å²) in [5.74, 6) is -0.991. The summed E-state index contributed by atoms with van der Waals surface area (Å²) in [5, 5.41) is 20.8. The fraction of sp³-hybridized carbons (Fsp3) is 0.0588. The highest BCUT2D eigenvalue weighted by Crippen LogP contribution is 2.39. The fourth-order valence-electron chi connectivity index (χ4n) is 2.42. The molecule has 0 aromatic heterocycles. The van der Waals surface area contributed by atoms with Crippen LogP contribution in [-0.2, 0) is 11.0 Å². The first-order chi connectivity index (χ1) is 13.1. The number of nitrogens with zero attached hydrogens (tertiary/aromatic N) is 2. The zero-order valence-corrected chi connectivity index (χ0v) is 15.3. The summed E-state index contributed by atoms with van der Waals surface area (Å²) in [6.07, 6.45) is -3.38. The van der Waals surface area contributed by atoms with Gasteiger partial charge in [0.1, 0.15) is 5.75 Å². The third-order valence-corrected chi connectivity index (χ3v) is 5.04. The molecule has 1 fully saturated rings. The number of benzene rings is 2. The number of thiocarbonyl (C=S) groups is 1. The van der Waals surface area contributed by atoms with Crippen molar-refractivity contribution in [3.63, 3.8) is 0 Å². The number of hydrogen-bond donors (Lipinski definition) is 1. The van der Waals surface area contributed by atoms with E-state index in [0.29, 0.717) is 0 Å². The molecule has 0 bridgehead atoms. The molecule has 0 radical (unpaired) electrons. The van der Waals surface area contributed by atoms with E-state index in [1.807, 2.05) is 0 Å². The van der Waals surface area contributed by atoms with Crippen LogP contribution in [0.3, 0.4) is 0 Å². The van der Waals surface area contributed by atoms with E-state index in [2.05, 4.69) is 0 Å². The summed E-state index contributed by atoms with van der Waals surface area (Å²) in [5.41, 5.74) is -1.26. The smallest absolute Gasteiger partial charge is 0.416 e. The Balaban J connectivity index is 1.98. The third kappa shape index (κ3) is 3.85. The number of thioether (sulfide) groups is 1. The predicted octanol–water partition coefficient (Wildman–Crippen LogP) is 4.73. The van der Waals surface area contributed by atoms with Gasteiger partial charge in [-0.05, 0) is 30.3 Å². The zero-order chi connectivity index (χ0) is 20.6. The van der Waals surface area contributed by atoms with Gasteiger partial charge in [0, 0.05) is 17.7 Å². The number of hydrogen-bond acceptors (Lipinski definition) is 6. The largest absolute Gasteiger partial charge is 0.507 e. The lowest BCUT2D eigenvalue weighted by atomic mass is 10.1. The molecule has 0 aliphatic carbocycles. The van der Waals surface area contributed by atoms with Gasteiger partial charge in [0.25, 0.3) is 11.6 Å². The number of rotatable bonds is 3. The molecule has 1 N–H and O–H groups in total. The summed E-state index contributed by atoms with van der Waals surface area (Å²) >= 11 is 5.92. The van der Waals surface area contributed by atoms with Gasteiger partial charge in [-0.15, -0.1) is 0 Å². The van der Waals surface area contributed by atoms with Crippen LogP contribution in [0.5, 0.6) is 5.75 Å². The molecule has 0 saturated carbocycles. The van der Waals surface area contributed by atoms with Crippen molar-refractivity contribution in [2.45, 2.75) is 6.18 Å². The van der Waals surface area contributed by atoms with Crippen molar-refractivity contribution in [1.29, 1.82) is 0 Å². The monoisotopic (exact) mass is 426 g/mol. The number of alkyl halides is 3. The van der Waals surface area contributed by atoms with Crippen LogP contribution in [0.25, 0.3) is 6.08 Å². The number of anilines is 1. The number of nitro groups is 1. The average molecular weight is 426 g/mol. The quantitative estimate of drug-likeness (QED) is 0.331. The highest BCUT2D eigenvalue weighted by atomic mass is 32.2. The Labute approximate surface area is 165 Å². The van der Waals surface area contributed by atoms with Gasteiger partial charge in [0.2, 0.25) is 0 Å². The van der Waals surface area contributed by atoms with Crippen molar-refractivity contribution in [1.82, 2.24) is 0 Å². The Morgan fingerprint density at radius 1 is 1.21 bits per heavy atom. The summed E-state index contributed by atoms with van der Waals surface area (Å²) in [6.45, 7) is 0. The average Bonchev–Trinajstić information content (AvgIpc) is 2.89. The van der Waals surface area contributed by atoms with Gasteiger partial charge >= 0.3 is 6.18 Å². The highest BCUT2D eigenvalue weighted by molar-refractivity contribution is 8.27. The molecule has 6 nitrogen and oxygen atoms in total. The molecule has 2 aromatic rings. The Morgan fingerprint density at radius 2 is 1.93 bits per heavy atom.